The molecule has 1 saturated heterocycles. The van der Waals surface area contributed by atoms with Gasteiger partial charge in [-0.05, 0) is 12.1 Å². The van der Waals surface area contributed by atoms with Gasteiger partial charge in [-0.1, -0.05) is 5.16 Å². The molecular formula is C14H18N6O2. The third-order valence-electron chi connectivity index (χ3n) is 3.63. The third kappa shape index (κ3) is 2.85. The van der Waals surface area contributed by atoms with E-state index in [1.165, 1.54) is 6.20 Å². The number of amides is 1. The van der Waals surface area contributed by atoms with Gasteiger partial charge in [-0.3, -0.25) is 4.79 Å². The number of rotatable bonds is 3. The van der Waals surface area contributed by atoms with Crippen LogP contribution in [-0.4, -0.2) is 66.4 Å². The molecule has 0 spiro atoms. The predicted molar refractivity (Wildman–Crippen MR) is 81.0 cm³/mol. The molecule has 0 saturated carbocycles. The first-order chi connectivity index (χ1) is 10.6. The van der Waals surface area contributed by atoms with Gasteiger partial charge in [0.1, 0.15) is 0 Å². The lowest BCUT2D eigenvalue weighted by Gasteiger charge is -2.34. The SMILES string of the molecule is CN(C)c1ccc(N2CCN(C(=O)c3ccno3)CC2)nn1. The van der Waals surface area contributed by atoms with Gasteiger partial charge in [0.25, 0.3) is 5.91 Å². The smallest absolute Gasteiger partial charge is 0.292 e. The van der Waals surface area contributed by atoms with Gasteiger partial charge in [0.15, 0.2) is 11.6 Å². The average Bonchev–Trinajstić information content (AvgIpc) is 3.09. The number of piperazine rings is 1. The van der Waals surface area contributed by atoms with Crippen LogP contribution >= 0.6 is 0 Å². The molecule has 0 aromatic carbocycles. The average molecular weight is 302 g/mol. The maximum absolute atomic E-state index is 12.2. The van der Waals surface area contributed by atoms with E-state index in [-0.39, 0.29) is 11.7 Å². The molecule has 1 amide bonds. The monoisotopic (exact) mass is 302 g/mol. The van der Waals surface area contributed by atoms with Crippen molar-refractivity contribution in [3.05, 3.63) is 30.2 Å². The predicted octanol–water partition coefficient (Wildman–Crippen LogP) is 0.493. The molecule has 22 heavy (non-hydrogen) atoms. The lowest BCUT2D eigenvalue weighted by Crippen LogP contribution is -2.49. The summed E-state index contributed by atoms with van der Waals surface area (Å²) in [5.41, 5.74) is 0. The lowest BCUT2D eigenvalue weighted by atomic mass is 10.3. The van der Waals surface area contributed by atoms with E-state index in [4.69, 9.17) is 4.52 Å². The molecule has 3 rings (SSSR count). The molecular weight excluding hydrogens is 284 g/mol. The molecule has 2 aromatic heterocycles. The molecule has 3 heterocycles. The van der Waals surface area contributed by atoms with Crippen molar-refractivity contribution in [2.24, 2.45) is 0 Å². The first-order valence-corrected chi connectivity index (χ1v) is 7.11. The summed E-state index contributed by atoms with van der Waals surface area (Å²) in [6, 6.07) is 5.48. The van der Waals surface area contributed by atoms with Crippen LogP contribution in [-0.2, 0) is 0 Å². The number of anilines is 2. The van der Waals surface area contributed by atoms with Crippen LogP contribution in [0.15, 0.2) is 28.9 Å². The molecule has 1 fully saturated rings. The second kappa shape index (κ2) is 6.00. The Kier molecular flexibility index (Phi) is 3.90. The van der Waals surface area contributed by atoms with Gasteiger partial charge >= 0.3 is 0 Å². The number of nitrogens with zero attached hydrogens (tertiary/aromatic N) is 6. The number of aromatic nitrogens is 3. The zero-order valence-corrected chi connectivity index (χ0v) is 12.6. The number of hydrogen-bond acceptors (Lipinski definition) is 7. The van der Waals surface area contributed by atoms with E-state index >= 15 is 0 Å². The van der Waals surface area contributed by atoms with Crippen molar-refractivity contribution in [2.75, 3.05) is 50.1 Å². The molecule has 8 heteroatoms. The van der Waals surface area contributed by atoms with E-state index in [2.05, 4.69) is 20.3 Å². The van der Waals surface area contributed by atoms with Gasteiger partial charge in [-0.15, -0.1) is 10.2 Å². The van der Waals surface area contributed by atoms with Crippen LogP contribution in [0.25, 0.3) is 0 Å². The summed E-state index contributed by atoms with van der Waals surface area (Å²) in [5, 5.41) is 12.0. The molecule has 0 N–H and O–H groups in total. The zero-order chi connectivity index (χ0) is 15.5. The van der Waals surface area contributed by atoms with Gasteiger partial charge < -0.3 is 19.2 Å². The van der Waals surface area contributed by atoms with Gasteiger partial charge in [0, 0.05) is 46.3 Å². The first-order valence-electron chi connectivity index (χ1n) is 7.11. The Hall–Kier alpha value is -2.64. The summed E-state index contributed by atoms with van der Waals surface area (Å²) in [6.45, 7) is 2.68. The number of carbonyl (C=O) groups is 1. The van der Waals surface area contributed by atoms with Crippen LogP contribution in [0.1, 0.15) is 10.6 Å². The highest BCUT2D eigenvalue weighted by molar-refractivity contribution is 5.91. The summed E-state index contributed by atoms with van der Waals surface area (Å²) in [7, 11) is 3.86. The maximum atomic E-state index is 12.2. The number of carbonyl (C=O) groups excluding carboxylic acids is 1. The Labute approximate surface area is 128 Å². The Morgan fingerprint density at radius 1 is 1.14 bits per heavy atom. The third-order valence-corrected chi connectivity index (χ3v) is 3.63. The van der Waals surface area contributed by atoms with Crippen molar-refractivity contribution < 1.29 is 9.32 Å². The van der Waals surface area contributed by atoms with Crippen molar-refractivity contribution in [3.8, 4) is 0 Å². The fraction of sp³-hybridized carbons (Fsp3) is 0.429. The van der Waals surface area contributed by atoms with Crippen LogP contribution in [0.4, 0.5) is 11.6 Å². The normalized spacial score (nSPS) is 15.0. The summed E-state index contributed by atoms with van der Waals surface area (Å²) in [5.74, 6) is 1.81. The van der Waals surface area contributed by atoms with Crippen molar-refractivity contribution in [1.29, 1.82) is 0 Å². The second-order valence-corrected chi connectivity index (χ2v) is 5.30. The van der Waals surface area contributed by atoms with E-state index < -0.39 is 0 Å². The molecule has 0 aliphatic carbocycles. The standard InChI is InChI=1S/C14H18N6O2/c1-18(2)12-3-4-13(17-16-12)19-7-9-20(10-8-19)14(21)11-5-6-15-22-11/h3-6H,7-10H2,1-2H3. The largest absolute Gasteiger partial charge is 0.361 e. The molecule has 0 radical (unpaired) electrons. The minimum absolute atomic E-state index is 0.119. The van der Waals surface area contributed by atoms with Crippen LogP contribution in [0, 0.1) is 0 Å². The minimum atomic E-state index is -0.119. The van der Waals surface area contributed by atoms with Crippen molar-refractivity contribution >= 4 is 17.5 Å². The van der Waals surface area contributed by atoms with Crippen molar-refractivity contribution in [3.63, 3.8) is 0 Å². The highest BCUT2D eigenvalue weighted by atomic mass is 16.5. The summed E-state index contributed by atoms with van der Waals surface area (Å²) in [6.07, 6.45) is 1.48. The van der Waals surface area contributed by atoms with Crippen LogP contribution < -0.4 is 9.80 Å². The molecule has 0 atom stereocenters. The molecule has 1 aliphatic rings. The van der Waals surface area contributed by atoms with Gasteiger partial charge in [-0.2, -0.15) is 0 Å². The van der Waals surface area contributed by atoms with Gasteiger partial charge in [0.2, 0.25) is 5.76 Å². The van der Waals surface area contributed by atoms with E-state index in [0.29, 0.717) is 13.1 Å². The minimum Gasteiger partial charge on any atom is -0.361 e. The molecule has 2 aromatic rings. The Balaban J connectivity index is 1.60. The van der Waals surface area contributed by atoms with Crippen molar-refractivity contribution in [1.82, 2.24) is 20.3 Å². The van der Waals surface area contributed by atoms with Crippen molar-refractivity contribution in [2.45, 2.75) is 0 Å². The highest BCUT2D eigenvalue weighted by Crippen LogP contribution is 2.16. The van der Waals surface area contributed by atoms with E-state index in [0.717, 1.165) is 24.7 Å². The van der Waals surface area contributed by atoms with Gasteiger partial charge in [-0.25, -0.2) is 0 Å². The van der Waals surface area contributed by atoms with Crippen LogP contribution in [0.2, 0.25) is 0 Å². The van der Waals surface area contributed by atoms with Gasteiger partial charge in [0.05, 0.1) is 6.20 Å². The first kappa shape index (κ1) is 14.3. The number of hydrogen-bond donors (Lipinski definition) is 0. The second-order valence-electron chi connectivity index (χ2n) is 5.30. The Bertz CT molecular complexity index is 617. The maximum Gasteiger partial charge on any atom is 0.292 e. The summed E-state index contributed by atoms with van der Waals surface area (Å²) < 4.78 is 4.91. The Morgan fingerprint density at radius 3 is 2.45 bits per heavy atom. The molecule has 116 valence electrons. The molecule has 0 unspecified atom stereocenters. The summed E-state index contributed by atoms with van der Waals surface area (Å²) in [4.78, 5) is 18.0. The molecule has 0 bridgehead atoms. The van der Waals surface area contributed by atoms with Crippen LogP contribution in [0.5, 0.6) is 0 Å². The lowest BCUT2D eigenvalue weighted by molar-refractivity contribution is 0.0704. The highest BCUT2D eigenvalue weighted by Gasteiger charge is 2.24. The van der Waals surface area contributed by atoms with E-state index in [1.54, 1.807) is 11.0 Å². The zero-order valence-electron chi connectivity index (χ0n) is 12.6. The quantitative estimate of drug-likeness (QED) is 0.816. The van der Waals surface area contributed by atoms with Crippen LogP contribution in [0.3, 0.4) is 0 Å². The van der Waals surface area contributed by atoms with E-state index in [1.807, 2.05) is 31.1 Å². The molecule has 1 aliphatic heterocycles. The molecule has 8 nitrogen and oxygen atoms in total. The fourth-order valence-corrected chi connectivity index (χ4v) is 2.35. The Morgan fingerprint density at radius 2 is 1.91 bits per heavy atom. The fourth-order valence-electron chi connectivity index (χ4n) is 2.35. The van der Waals surface area contributed by atoms with E-state index in [9.17, 15) is 4.79 Å². The summed E-state index contributed by atoms with van der Waals surface area (Å²) >= 11 is 0. The topological polar surface area (TPSA) is 78.6 Å².